The molecule has 3 aromatic rings. The molecule has 0 N–H and O–H groups in total. The molecule has 0 spiro atoms. The van der Waals surface area contributed by atoms with Crippen molar-refractivity contribution >= 4 is 22.9 Å². The summed E-state index contributed by atoms with van der Waals surface area (Å²) in [5, 5.41) is 0.745. The van der Waals surface area contributed by atoms with Gasteiger partial charge in [0.2, 0.25) is 0 Å². The molecule has 1 aliphatic heterocycles. The second-order valence-electron chi connectivity index (χ2n) is 6.66. The van der Waals surface area contributed by atoms with Crippen molar-refractivity contribution < 1.29 is 4.74 Å². The van der Waals surface area contributed by atoms with Gasteiger partial charge in [0.25, 0.3) is 0 Å². The van der Waals surface area contributed by atoms with Crippen molar-refractivity contribution in [3.8, 4) is 0 Å². The third-order valence-electron chi connectivity index (χ3n) is 5.22. The molecule has 0 aromatic heterocycles. The van der Waals surface area contributed by atoms with Gasteiger partial charge < -0.3 is 4.74 Å². The molecule has 1 heterocycles. The standard InChI is InChI=1S/C23H17ClO/c24-18-12-10-16(11-13-18)22-21(15-6-2-1-3-7-15)20-14-17-8-4-5-9-19(17)23(20)25-22/h1-13,20,23H,14H2/t20-,23-/m0/s1. The average molecular weight is 345 g/mol. The summed E-state index contributed by atoms with van der Waals surface area (Å²) < 4.78 is 6.54. The van der Waals surface area contributed by atoms with Crippen LogP contribution in [0.1, 0.15) is 28.4 Å². The zero-order valence-electron chi connectivity index (χ0n) is 13.7. The minimum Gasteiger partial charge on any atom is -0.484 e. The van der Waals surface area contributed by atoms with E-state index in [1.807, 2.05) is 24.3 Å². The summed E-state index contributed by atoms with van der Waals surface area (Å²) in [4.78, 5) is 0. The smallest absolute Gasteiger partial charge is 0.131 e. The Morgan fingerprint density at radius 2 is 1.48 bits per heavy atom. The quantitative estimate of drug-likeness (QED) is 0.541. The highest BCUT2D eigenvalue weighted by atomic mass is 35.5. The van der Waals surface area contributed by atoms with E-state index in [1.165, 1.54) is 22.3 Å². The molecular formula is C23H17ClO. The van der Waals surface area contributed by atoms with Gasteiger partial charge in [-0.3, -0.25) is 0 Å². The average Bonchev–Trinajstić information content (AvgIpc) is 3.19. The van der Waals surface area contributed by atoms with Gasteiger partial charge in [0.1, 0.15) is 11.9 Å². The Labute approximate surface area is 152 Å². The van der Waals surface area contributed by atoms with E-state index < -0.39 is 0 Å². The fraction of sp³-hybridized carbons (Fsp3) is 0.130. The van der Waals surface area contributed by atoms with Gasteiger partial charge in [-0.1, -0.05) is 66.2 Å². The minimum atomic E-state index is 0.108. The maximum atomic E-state index is 6.54. The SMILES string of the molecule is Clc1ccc(C2=C(c3ccccc3)[C@@H]3Cc4ccccc4[C@@H]3O2)cc1. The lowest BCUT2D eigenvalue weighted by Crippen LogP contribution is -2.04. The van der Waals surface area contributed by atoms with Gasteiger partial charge in [0.15, 0.2) is 0 Å². The number of ether oxygens (including phenoxy) is 1. The van der Waals surface area contributed by atoms with E-state index in [0.29, 0.717) is 5.92 Å². The van der Waals surface area contributed by atoms with Gasteiger partial charge in [-0.2, -0.15) is 0 Å². The number of hydrogen-bond donors (Lipinski definition) is 0. The van der Waals surface area contributed by atoms with E-state index in [9.17, 15) is 0 Å². The Balaban J connectivity index is 1.67. The van der Waals surface area contributed by atoms with Crippen molar-refractivity contribution in [3.63, 3.8) is 0 Å². The van der Waals surface area contributed by atoms with Crippen molar-refractivity contribution in [2.24, 2.45) is 5.92 Å². The second-order valence-corrected chi connectivity index (χ2v) is 7.10. The summed E-state index contributed by atoms with van der Waals surface area (Å²) in [5.41, 5.74) is 6.37. The van der Waals surface area contributed by atoms with Crippen LogP contribution in [-0.4, -0.2) is 0 Å². The molecular weight excluding hydrogens is 328 g/mol. The number of fused-ring (bicyclic) bond motifs is 3. The predicted molar refractivity (Wildman–Crippen MR) is 102 cm³/mol. The first kappa shape index (κ1) is 14.8. The highest BCUT2D eigenvalue weighted by Gasteiger charge is 2.43. The van der Waals surface area contributed by atoms with Crippen LogP contribution in [0.2, 0.25) is 5.02 Å². The molecule has 2 atom stereocenters. The fourth-order valence-electron chi connectivity index (χ4n) is 4.10. The Hall–Kier alpha value is -2.51. The first-order chi connectivity index (χ1) is 12.3. The minimum absolute atomic E-state index is 0.108. The zero-order valence-corrected chi connectivity index (χ0v) is 14.4. The van der Waals surface area contributed by atoms with Crippen LogP contribution in [0.3, 0.4) is 0 Å². The van der Waals surface area contributed by atoms with Gasteiger partial charge >= 0.3 is 0 Å². The molecule has 0 amide bonds. The zero-order chi connectivity index (χ0) is 16.8. The Morgan fingerprint density at radius 1 is 0.760 bits per heavy atom. The molecule has 2 heteroatoms. The number of rotatable bonds is 2. The van der Waals surface area contributed by atoms with Gasteiger partial charge in [-0.15, -0.1) is 0 Å². The van der Waals surface area contributed by atoms with Crippen LogP contribution in [0.15, 0.2) is 78.9 Å². The predicted octanol–water partition coefficient (Wildman–Crippen LogP) is 6.15. The first-order valence-corrected chi connectivity index (χ1v) is 8.99. The summed E-state index contributed by atoms with van der Waals surface area (Å²) >= 11 is 6.08. The van der Waals surface area contributed by atoms with Crippen LogP contribution in [-0.2, 0) is 11.2 Å². The molecule has 0 bridgehead atoms. The lowest BCUT2D eigenvalue weighted by Gasteiger charge is -2.13. The molecule has 5 rings (SSSR count). The highest BCUT2D eigenvalue weighted by Crippen LogP contribution is 2.54. The maximum Gasteiger partial charge on any atom is 0.131 e. The topological polar surface area (TPSA) is 9.23 Å². The summed E-state index contributed by atoms with van der Waals surface area (Å²) in [6.45, 7) is 0. The summed E-state index contributed by atoms with van der Waals surface area (Å²) in [6, 6.07) is 27.2. The molecule has 2 aliphatic rings. The van der Waals surface area contributed by atoms with E-state index in [1.54, 1.807) is 0 Å². The molecule has 1 nitrogen and oxygen atoms in total. The number of halogens is 1. The van der Waals surface area contributed by atoms with Crippen LogP contribution >= 0.6 is 11.6 Å². The van der Waals surface area contributed by atoms with Crippen LogP contribution in [0.4, 0.5) is 0 Å². The molecule has 0 saturated carbocycles. The molecule has 0 fully saturated rings. The molecule has 0 saturated heterocycles. The van der Waals surface area contributed by atoms with Crippen LogP contribution in [0.25, 0.3) is 11.3 Å². The van der Waals surface area contributed by atoms with Gasteiger partial charge in [-0.05, 0) is 47.4 Å². The normalized spacial score (nSPS) is 21.0. The van der Waals surface area contributed by atoms with Crippen molar-refractivity contribution in [1.29, 1.82) is 0 Å². The fourth-order valence-corrected chi connectivity index (χ4v) is 4.23. The van der Waals surface area contributed by atoms with E-state index >= 15 is 0 Å². The highest BCUT2D eigenvalue weighted by molar-refractivity contribution is 6.30. The van der Waals surface area contributed by atoms with Crippen LogP contribution < -0.4 is 0 Å². The Kier molecular flexibility index (Phi) is 3.43. The van der Waals surface area contributed by atoms with Gasteiger partial charge in [0.05, 0.1) is 0 Å². The van der Waals surface area contributed by atoms with Crippen molar-refractivity contribution in [1.82, 2.24) is 0 Å². The van der Waals surface area contributed by atoms with E-state index in [2.05, 4.69) is 54.6 Å². The lowest BCUT2D eigenvalue weighted by atomic mass is 9.88. The Morgan fingerprint density at radius 3 is 2.28 bits per heavy atom. The molecule has 0 radical (unpaired) electrons. The molecule has 1 aliphatic carbocycles. The number of hydrogen-bond acceptors (Lipinski definition) is 1. The first-order valence-electron chi connectivity index (χ1n) is 8.61. The van der Waals surface area contributed by atoms with E-state index in [-0.39, 0.29) is 6.10 Å². The van der Waals surface area contributed by atoms with Gasteiger partial charge in [0, 0.05) is 22.1 Å². The van der Waals surface area contributed by atoms with Gasteiger partial charge in [-0.25, -0.2) is 0 Å². The molecule has 25 heavy (non-hydrogen) atoms. The van der Waals surface area contributed by atoms with E-state index in [0.717, 1.165) is 22.8 Å². The summed E-state index contributed by atoms with van der Waals surface area (Å²) in [6.07, 6.45) is 1.14. The Bertz CT molecular complexity index is 957. The van der Waals surface area contributed by atoms with Crippen molar-refractivity contribution in [2.75, 3.05) is 0 Å². The maximum absolute atomic E-state index is 6.54. The summed E-state index contributed by atoms with van der Waals surface area (Å²) in [7, 11) is 0. The number of benzene rings is 3. The van der Waals surface area contributed by atoms with Crippen molar-refractivity contribution in [3.05, 3.63) is 106 Å². The van der Waals surface area contributed by atoms with Crippen LogP contribution in [0, 0.1) is 5.92 Å². The lowest BCUT2D eigenvalue weighted by molar-refractivity contribution is 0.167. The molecule has 122 valence electrons. The summed E-state index contributed by atoms with van der Waals surface area (Å²) in [5.74, 6) is 1.36. The second kappa shape index (κ2) is 5.79. The molecule has 0 unspecified atom stereocenters. The van der Waals surface area contributed by atoms with Crippen LogP contribution in [0.5, 0.6) is 0 Å². The monoisotopic (exact) mass is 344 g/mol. The third-order valence-corrected chi connectivity index (χ3v) is 5.47. The van der Waals surface area contributed by atoms with E-state index in [4.69, 9.17) is 16.3 Å². The largest absolute Gasteiger partial charge is 0.484 e. The van der Waals surface area contributed by atoms with Crippen molar-refractivity contribution in [2.45, 2.75) is 12.5 Å². The molecule has 3 aromatic carbocycles. The third kappa shape index (κ3) is 2.39.